The largest absolute Gasteiger partial charge is 0.374 e. The number of nitrogens with zero attached hydrogens (tertiary/aromatic N) is 2. The first-order chi connectivity index (χ1) is 10.1. The molecule has 0 aliphatic heterocycles. The quantitative estimate of drug-likeness (QED) is 0.653. The molecule has 5 heteroatoms. The Balaban J connectivity index is 1.87. The number of carbonyl (C=O) groups is 1. The lowest BCUT2D eigenvalue weighted by molar-refractivity contribution is -0.121. The van der Waals surface area contributed by atoms with Gasteiger partial charge in [0.1, 0.15) is 6.04 Å². The van der Waals surface area contributed by atoms with E-state index in [0.717, 1.165) is 16.8 Å². The Labute approximate surface area is 124 Å². The number of benzene rings is 1. The van der Waals surface area contributed by atoms with Crippen molar-refractivity contribution in [1.29, 1.82) is 0 Å². The monoisotopic (exact) mass is 282 g/mol. The number of hydrazone groups is 1. The molecule has 1 aromatic carbocycles. The first-order valence-corrected chi connectivity index (χ1v) is 6.71. The number of aryl methyl sites for hydroxylation is 1. The zero-order chi connectivity index (χ0) is 15.1. The summed E-state index contributed by atoms with van der Waals surface area (Å²) in [5.41, 5.74) is 5.45. The first-order valence-electron chi connectivity index (χ1n) is 6.71. The summed E-state index contributed by atoms with van der Waals surface area (Å²) in [7, 11) is 0. The first kappa shape index (κ1) is 14.7. The molecule has 21 heavy (non-hydrogen) atoms. The van der Waals surface area contributed by atoms with Crippen molar-refractivity contribution >= 4 is 17.8 Å². The van der Waals surface area contributed by atoms with Crippen molar-refractivity contribution in [2.45, 2.75) is 19.9 Å². The topological polar surface area (TPSA) is 66.4 Å². The average Bonchev–Trinajstić information content (AvgIpc) is 2.48. The summed E-state index contributed by atoms with van der Waals surface area (Å²) in [5.74, 6) is -0.193. The number of anilines is 1. The number of carbonyl (C=O) groups excluding carboxylic acids is 1. The van der Waals surface area contributed by atoms with Gasteiger partial charge in [0.05, 0.1) is 6.21 Å². The molecule has 108 valence electrons. The zero-order valence-corrected chi connectivity index (χ0v) is 12.1. The Kier molecular flexibility index (Phi) is 5.04. The molecule has 1 heterocycles. The maximum absolute atomic E-state index is 11.9. The van der Waals surface area contributed by atoms with Crippen LogP contribution in [0.25, 0.3) is 0 Å². The molecule has 0 aliphatic carbocycles. The van der Waals surface area contributed by atoms with Gasteiger partial charge in [-0.3, -0.25) is 9.78 Å². The molecular weight excluding hydrogens is 264 g/mol. The normalized spacial score (nSPS) is 12.1. The maximum atomic E-state index is 11.9. The van der Waals surface area contributed by atoms with Crippen molar-refractivity contribution in [3.63, 3.8) is 0 Å². The van der Waals surface area contributed by atoms with Gasteiger partial charge in [0.15, 0.2) is 0 Å². The maximum Gasteiger partial charge on any atom is 0.262 e. The van der Waals surface area contributed by atoms with Gasteiger partial charge in [-0.15, -0.1) is 0 Å². The van der Waals surface area contributed by atoms with Crippen LogP contribution in [0, 0.1) is 6.92 Å². The molecule has 0 bridgehead atoms. The van der Waals surface area contributed by atoms with Gasteiger partial charge in [0, 0.05) is 18.1 Å². The highest BCUT2D eigenvalue weighted by Crippen LogP contribution is 2.10. The predicted octanol–water partition coefficient (Wildman–Crippen LogP) is 2.34. The molecule has 1 unspecified atom stereocenters. The van der Waals surface area contributed by atoms with Crippen LogP contribution in [0.5, 0.6) is 0 Å². The number of hydrogen-bond donors (Lipinski definition) is 2. The number of rotatable bonds is 5. The Morgan fingerprint density at radius 2 is 2.05 bits per heavy atom. The Morgan fingerprint density at radius 3 is 2.76 bits per heavy atom. The van der Waals surface area contributed by atoms with Crippen LogP contribution in [-0.4, -0.2) is 23.1 Å². The van der Waals surface area contributed by atoms with E-state index < -0.39 is 0 Å². The molecule has 1 amide bonds. The molecule has 1 atom stereocenters. The van der Waals surface area contributed by atoms with Crippen LogP contribution in [0.4, 0.5) is 5.69 Å². The Hall–Kier alpha value is -2.69. The van der Waals surface area contributed by atoms with E-state index in [1.807, 2.05) is 43.3 Å². The summed E-state index contributed by atoms with van der Waals surface area (Å²) in [4.78, 5) is 15.8. The third-order valence-electron chi connectivity index (χ3n) is 2.89. The molecule has 2 aromatic rings. The smallest absolute Gasteiger partial charge is 0.262 e. The van der Waals surface area contributed by atoms with Crippen LogP contribution in [0.2, 0.25) is 0 Å². The highest BCUT2D eigenvalue weighted by molar-refractivity contribution is 5.86. The fourth-order valence-corrected chi connectivity index (χ4v) is 1.77. The van der Waals surface area contributed by atoms with Crippen LogP contribution >= 0.6 is 0 Å². The van der Waals surface area contributed by atoms with Crippen LogP contribution in [-0.2, 0) is 4.79 Å². The molecule has 0 aliphatic rings. The van der Waals surface area contributed by atoms with E-state index in [4.69, 9.17) is 0 Å². The van der Waals surface area contributed by atoms with Gasteiger partial charge >= 0.3 is 0 Å². The fourth-order valence-electron chi connectivity index (χ4n) is 1.77. The molecule has 0 spiro atoms. The summed E-state index contributed by atoms with van der Waals surface area (Å²) in [6.07, 6.45) is 4.93. The van der Waals surface area contributed by atoms with E-state index in [-0.39, 0.29) is 11.9 Å². The van der Waals surface area contributed by atoms with Gasteiger partial charge in [-0.05, 0) is 49.2 Å². The predicted molar refractivity (Wildman–Crippen MR) is 84.2 cm³/mol. The molecule has 0 radical (unpaired) electrons. The highest BCUT2D eigenvalue weighted by atomic mass is 16.2. The average molecular weight is 282 g/mol. The Morgan fingerprint density at radius 1 is 1.29 bits per heavy atom. The second-order valence-electron chi connectivity index (χ2n) is 4.75. The molecule has 2 rings (SSSR count). The van der Waals surface area contributed by atoms with Gasteiger partial charge in [-0.2, -0.15) is 5.10 Å². The van der Waals surface area contributed by atoms with E-state index in [1.54, 1.807) is 25.5 Å². The van der Waals surface area contributed by atoms with Crippen molar-refractivity contribution in [3.8, 4) is 0 Å². The van der Waals surface area contributed by atoms with Gasteiger partial charge in [-0.1, -0.05) is 12.1 Å². The van der Waals surface area contributed by atoms with E-state index in [2.05, 4.69) is 20.8 Å². The fraction of sp³-hybridized carbons (Fsp3) is 0.188. The number of amides is 1. The number of aromatic nitrogens is 1. The second kappa shape index (κ2) is 7.19. The third-order valence-corrected chi connectivity index (χ3v) is 2.89. The standard InChI is InChI=1S/C16H18N4O/c1-12-4-3-5-15(10-12)19-13(2)16(21)20-18-11-14-6-8-17-9-7-14/h3-11,13,19H,1-2H3,(H,20,21)/b18-11+. The van der Waals surface area contributed by atoms with Crippen LogP contribution in [0.3, 0.4) is 0 Å². The minimum atomic E-state index is -0.374. The van der Waals surface area contributed by atoms with Gasteiger partial charge in [0.2, 0.25) is 0 Å². The molecule has 0 fully saturated rings. The molecule has 1 aromatic heterocycles. The second-order valence-corrected chi connectivity index (χ2v) is 4.75. The van der Waals surface area contributed by atoms with E-state index in [1.165, 1.54) is 0 Å². The lowest BCUT2D eigenvalue weighted by atomic mass is 10.2. The SMILES string of the molecule is Cc1cccc(NC(C)C(=O)N/N=C/c2ccncc2)c1. The molecule has 0 saturated carbocycles. The number of pyridine rings is 1. The molecule has 5 nitrogen and oxygen atoms in total. The van der Waals surface area contributed by atoms with Gasteiger partial charge in [-0.25, -0.2) is 5.43 Å². The zero-order valence-electron chi connectivity index (χ0n) is 12.1. The summed E-state index contributed by atoms with van der Waals surface area (Å²) >= 11 is 0. The number of nitrogens with one attached hydrogen (secondary N) is 2. The minimum absolute atomic E-state index is 0.193. The van der Waals surface area contributed by atoms with Crippen molar-refractivity contribution in [2.24, 2.45) is 5.10 Å². The van der Waals surface area contributed by atoms with Crippen molar-refractivity contribution in [3.05, 3.63) is 59.9 Å². The third kappa shape index (κ3) is 4.72. The number of hydrogen-bond acceptors (Lipinski definition) is 4. The molecular formula is C16H18N4O. The summed E-state index contributed by atoms with van der Waals surface area (Å²) in [6, 6.07) is 11.1. The van der Waals surface area contributed by atoms with E-state index >= 15 is 0 Å². The highest BCUT2D eigenvalue weighted by Gasteiger charge is 2.11. The van der Waals surface area contributed by atoms with Crippen LogP contribution < -0.4 is 10.7 Å². The van der Waals surface area contributed by atoms with Crippen molar-refractivity contribution in [1.82, 2.24) is 10.4 Å². The summed E-state index contributed by atoms with van der Waals surface area (Å²) in [6.45, 7) is 3.80. The Bertz CT molecular complexity index is 625. The lowest BCUT2D eigenvalue weighted by Gasteiger charge is -2.13. The van der Waals surface area contributed by atoms with E-state index in [0.29, 0.717) is 0 Å². The van der Waals surface area contributed by atoms with Crippen molar-refractivity contribution in [2.75, 3.05) is 5.32 Å². The van der Waals surface area contributed by atoms with Crippen LogP contribution in [0.15, 0.2) is 53.9 Å². The molecule has 0 saturated heterocycles. The summed E-state index contributed by atoms with van der Waals surface area (Å²) < 4.78 is 0. The van der Waals surface area contributed by atoms with Gasteiger partial charge in [0.25, 0.3) is 5.91 Å². The van der Waals surface area contributed by atoms with Crippen LogP contribution in [0.1, 0.15) is 18.1 Å². The molecule has 2 N–H and O–H groups in total. The minimum Gasteiger partial charge on any atom is -0.374 e. The van der Waals surface area contributed by atoms with Gasteiger partial charge < -0.3 is 5.32 Å². The van der Waals surface area contributed by atoms with E-state index in [9.17, 15) is 4.79 Å². The van der Waals surface area contributed by atoms with Crippen molar-refractivity contribution < 1.29 is 4.79 Å². The summed E-state index contributed by atoms with van der Waals surface area (Å²) in [5, 5.41) is 7.06. The lowest BCUT2D eigenvalue weighted by Crippen LogP contribution is -2.34.